The maximum atomic E-state index is 9.04. The van der Waals surface area contributed by atoms with Crippen molar-refractivity contribution in [3.8, 4) is 0 Å². The molecule has 1 aliphatic carbocycles. The molecule has 1 aliphatic heterocycles. The second-order valence-electron chi connectivity index (χ2n) is 2.30. The lowest BCUT2D eigenvalue weighted by molar-refractivity contribution is 0.178. The molecule has 0 bridgehead atoms. The average Bonchev–Trinajstić information content (AvgIpc) is 2.45. The van der Waals surface area contributed by atoms with Crippen LogP contribution in [0.5, 0.6) is 0 Å². The molecule has 0 aromatic carbocycles. The summed E-state index contributed by atoms with van der Waals surface area (Å²) < 4.78 is 4.97. The van der Waals surface area contributed by atoms with Crippen LogP contribution in [0.4, 0.5) is 0 Å². The molecule has 2 nitrogen and oxygen atoms in total. The van der Waals surface area contributed by atoms with E-state index in [2.05, 4.69) is 0 Å². The highest BCUT2D eigenvalue weighted by Crippen LogP contribution is 2.39. The van der Waals surface area contributed by atoms with Gasteiger partial charge in [0.2, 0.25) is 0 Å². The standard InChI is InChI=1S/C6H8O2/c7-4-2-1-3-5-6(4)8-5/h4,7H,1-3H2. The molecule has 0 aromatic heterocycles. The van der Waals surface area contributed by atoms with Crippen LogP contribution >= 0.6 is 0 Å². The van der Waals surface area contributed by atoms with Crippen LogP contribution in [0.3, 0.4) is 0 Å². The summed E-state index contributed by atoms with van der Waals surface area (Å²) in [7, 11) is 0. The topological polar surface area (TPSA) is 32.8 Å². The van der Waals surface area contributed by atoms with E-state index in [1.807, 2.05) is 0 Å². The molecule has 1 N–H and O–H groups in total. The minimum absolute atomic E-state index is 0.265. The van der Waals surface area contributed by atoms with Crippen molar-refractivity contribution >= 4 is 0 Å². The third-order valence-electron chi connectivity index (χ3n) is 1.65. The molecule has 0 spiro atoms. The van der Waals surface area contributed by atoms with Gasteiger partial charge in [0.15, 0.2) is 5.76 Å². The molecule has 0 fully saturated rings. The normalized spacial score (nSPS) is 33.9. The maximum absolute atomic E-state index is 9.04. The van der Waals surface area contributed by atoms with Gasteiger partial charge in [0, 0.05) is 6.42 Å². The van der Waals surface area contributed by atoms with E-state index in [-0.39, 0.29) is 6.10 Å². The highest BCUT2D eigenvalue weighted by molar-refractivity contribution is 5.23. The fraction of sp³-hybridized carbons (Fsp3) is 0.667. The minimum Gasteiger partial charge on any atom is -0.456 e. The van der Waals surface area contributed by atoms with Crippen LogP contribution in [-0.4, -0.2) is 11.2 Å². The largest absolute Gasteiger partial charge is 0.456 e. The first-order valence-corrected chi connectivity index (χ1v) is 2.97. The zero-order valence-corrected chi connectivity index (χ0v) is 4.55. The van der Waals surface area contributed by atoms with E-state index in [0.717, 1.165) is 30.8 Å². The highest BCUT2D eigenvalue weighted by atomic mass is 16.6. The molecule has 0 saturated heterocycles. The molecule has 44 valence electrons. The van der Waals surface area contributed by atoms with Crippen LogP contribution < -0.4 is 0 Å². The Labute approximate surface area is 47.8 Å². The van der Waals surface area contributed by atoms with E-state index < -0.39 is 0 Å². The Morgan fingerprint density at radius 3 is 3.12 bits per heavy atom. The average molecular weight is 112 g/mol. The van der Waals surface area contributed by atoms with Gasteiger partial charge in [0.05, 0.1) is 0 Å². The van der Waals surface area contributed by atoms with Crippen LogP contribution in [0.2, 0.25) is 0 Å². The van der Waals surface area contributed by atoms with Crippen molar-refractivity contribution < 1.29 is 9.84 Å². The van der Waals surface area contributed by atoms with E-state index >= 15 is 0 Å². The summed E-state index contributed by atoms with van der Waals surface area (Å²) in [5.74, 6) is 1.90. The zero-order chi connectivity index (χ0) is 5.56. The lowest BCUT2D eigenvalue weighted by atomic mass is 10.1. The zero-order valence-electron chi connectivity index (χ0n) is 4.55. The lowest BCUT2D eigenvalue weighted by Crippen LogP contribution is -2.05. The molecule has 1 heterocycles. The fourth-order valence-electron chi connectivity index (χ4n) is 1.12. The molecule has 2 aliphatic rings. The lowest BCUT2D eigenvalue weighted by Gasteiger charge is -2.01. The summed E-state index contributed by atoms with van der Waals surface area (Å²) in [4.78, 5) is 0. The van der Waals surface area contributed by atoms with Crippen molar-refractivity contribution in [3.05, 3.63) is 11.5 Å². The van der Waals surface area contributed by atoms with Crippen LogP contribution in [0.1, 0.15) is 19.3 Å². The van der Waals surface area contributed by atoms with Gasteiger partial charge < -0.3 is 9.84 Å². The molecule has 0 radical (unpaired) electrons. The number of aliphatic hydroxyl groups is 1. The summed E-state index contributed by atoms with van der Waals surface area (Å²) in [5, 5.41) is 9.04. The van der Waals surface area contributed by atoms with Gasteiger partial charge in [-0.2, -0.15) is 0 Å². The number of aliphatic hydroxyl groups excluding tert-OH is 1. The van der Waals surface area contributed by atoms with E-state index in [9.17, 15) is 0 Å². The molecular weight excluding hydrogens is 104 g/mol. The van der Waals surface area contributed by atoms with Crippen LogP contribution in [-0.2, 0) is 4.74 Å². The fourth-order valence-corrected chi connectivity index (χ4v) is 1.12. The molecule has 2 heteroatoms. The molecule has 2 rings (SSSR count). The smallest absolute Gasteiger partial charge is 0.170 e. The van der Waals surface area contributed by atoms with Crippen molar-refractivity contribution in [2.75, 3.05) is 0 Å². The molecule has 0 amide bonds. The Morgan fingerprint density at radius 1 is 1.62 bits per heavy atom. The van der Waals surface area contributed by atoms with E-state index in [4.69, 9.17) is 9.84 Å². The van der Waals surface area contributed by atoms with Crippen molar-refractivity contribution in [3.63, 3.8) is 0 Å². The number of allylic oxidation sites excluding steroid dienone is 1. The number of hydrogen-bond acceptors (Lipinski definition) is 2. The van der Waals surface area contributed by atoms with E-state index in [1.165, 1.54) is 0 Å². The Kier molecular flexibility index (Phi) is 0.690. The van der Waals surface area contributed by atoms with E-state index in [1.54, 1.807) is 0 Å². The predicted octanol–water partition coefficient (Wildman–Crippen LogP) is 0.773. The predicted molar refractivity (Wildman–Crippen MR) is 28.0 cm³/mol. The van der Waals surface area contributed by atoms with Crippen molar-refractivity contribution in [2.45, 2.75) is 25.4 Å². The summed E-state index contributed by atoms with van der Waals surface area (Å²) in [6, 6.07) is 0. The SMILES string of the molecule is OC1CCCC2=C1O2. The Bertz CT molecular complexity index is 149. The summed E-state index contributed by atoms with van der Waals surface area (Å²) in [5.41, 5.74) is 0. The maximum Gasteiger partial charge on any atom is 0.170 e. The van der Waals surface area contributed by atoms with Gasteiger partial charge >= 0.3 is 0 Å². The Balaban J connectivity index is 2.17. The third-order valence-corrected chi connectivity index (χ3v) is 1.65. The first-order chi connectivity index (χ1) is 3.88. The van der Waals surface area contributed by atoms with Gasteiger partial charge in [-0.05, 0) is 12.8 Å². The van der Waals surface area contributed by atoms with Crippen molar-refractivity contribution in [1.29, 1.82) is 0 Å². The molecular formula is C6H8O2. The molecule has 8 heavy (non-hydrogen) atoms. The van der Waals surface area contributed by atoms with Gasteiger partial charge in [-0.15, -0.1) is 0 Å². The number of hydrogen-bond donors (Lipinski definition) is 1. The van der Waals surface area contributed by atoms with Gasteiger partial charge in [-0.25, -0.2) is 0 Å². The Hall–Kier alpha value is -0.500. The summed E-state index contributed by atoms with van der Waals surface area (Å²) in [6.07, 6.45) is 2.75. The molecule has 1 atom stereocenters. The quantitative estimate of drug-likeness (QED) is 0.502. The molecule has 0 saturated carbocycles. The van der Waals surface area contributed by atoms with Crippen LogP contribution in [0.25, 0.3) is 0 Å². The van der Waals surface area contributed by atoms with Crippen molar-refractivity contribution in [2.24, 2.45) is 0 Å². The summed E-state index contributed by atoms with van der Waals surface area (Å²) >= 11 is 0. The Morgan fingerprint density at radius 2 is 2.50 bits per heavy atom. The van der Waals surface area contributed by atoms with Gasteiger partial charge in [-0.3, -0.25) is 0 Å². The molecule has 0 aromatic rings. The second-order valence-corrected chi connectivity index (χ2v) is 2.30. The van der Waals surface area contributed by atoms with Gasteiger partial charge in [0.1, 0.15) is 11.9 Å². The highest BCUT2D eigenvalue weighted by Gasteiger charge is 2.34. The van der Waals surface area contributed by atoms with Gasteiger partial charge in [0.25, 0.3) is 0 Å². The number of rotatable bonds is 0. The second kappa shape index (κ2) is 1.26. The first-order valence-electron chi connectivity index (χ1n) is 2.97. The van der Waals surface area contributed by atoms with Crippen LogP contribution in [0.15, 0.2) is 11.5 Å². The number of ether oxygens (including phenoxy) is 1. The minimum atomic E-state index is -0.265. The summed E-state index contributed by atoms with van der Waals surface area (Å²) in [6.45, 7) is 0. The molecule has 1 unspecified atom stereocenters. The van der Waals surface area contributed by atoms with Crippen molar-refractivity contribution in [1.82, 2.24) is 0 Å². The monoisotopic (exact) mass is 112 g/mol. The first kappa shape index (κ1) is 4.39. The van der Waals surface area contributed by atoms with Gasteiger partial charge in [-0.1, -0.05) is 0 Å². The third kappa shape index (κ3) is 0.464. The van der Waals surface area contributed by atoms with Crippen LogP contribution in [0, 0.1) is 0 Å². The van der Waals surface area contributed by atoms with E-state index in [0.29, 0.717) is 0 Å².